The van der Waals surface area contributed by atoms with E-state index in [-0.39, 0.29) is 5.82 Å². The van der Waals surface area contributed by atoms with Gasteiger partial charge in [0, 0.05) is 55.4 Å². The van der Waals surface area contributed by atoms with Gasteiger partial charge in [-0.1, -0.05) is 0 Å². The fraction of sp³-hybridized carbons (Fsp3) is 0.571. The molecule has 2 aromatic rings. The summed E-state index contributed by atoms with van der Waals surface area (Å²) >= 11 is 0. The predicted molar refractivity (Wildman–Crippen MR) is 111 cm³/mol. The highest BCUT2D eigenvalue weighted by molar-refractivity contribution is 5.83. The number of nitrogens with one attached hydrogen (secondary N) is 3. The quantitative estimate of drug-likeness (QED) is 0.538. The molecule has 27 heavy (non-hydrogen) atoms. The summed E-state index contributed by atoms with van der Waals surface area (Å²) in [4.78, 5) is 10.4. The maximum atomic E-state index is 13.3. The highest BCUT2D eigenvalue weighted by Crippen LogP contribution is 2.19. The number of hydrogen-bond donors (Lipinski definition) is 3. The van der Waals surface area contributed by atoms with E-state index in [2.05, 4.69) is 41.3 Å². The van der Waals surface area contributed by atoms with Gasteiger partial charge in [-0.05, 0) is 63.8 Å². The Morgan fingerprint density at radius 1 is 1.33 bits per heavy atom. The Balaban J connectivity index is 1.55. The van der Waals surface area contributed by atoms with E-state index in [4.69, 9.17) is 4.99 Å². The minimum absolute atomic E-state index is 0.212. The van der Waals surface area contributed by atoms with Gasteiger partial charge in [-0.25, -0.2) is 4.39 Å². The van der Waals surface area contributed by atoms with Crippen LogP contribution in [0.25, 0.3) is 10.9 Å². The molecule has 3 N–H and O–H groups in total. The van der Waals surface area contributed by atoms with Gasteiger partial charge in [0.25, 0.3) is 0 Å². The van der Waals surface area contributed by atoms with Gasteiger partial charge >= 0.3 is 0 Å². The number of H-pyrrole nitrogens is 1. The van der Waals surface area contributed by atoms with Crippen molar-refractivity contribution in [2.24, 2.45) is 4.99 Å². The maximum Gasteiger partial charge on any atom is 0.191 e. The summed E-state index contributed by atoms with van der Waals surface area (Å²) in [5.74, 6) is 0.683. The lowest BCUT2D eigenvalue weighted by atomic mass is 10.0. The lowest BCUT2D eigenvalue weighted by Crippen LogP contribution is -2.49. The second kappa shape index (κ2) is 9.22. The second-order valence-electron chi connectivity index (χ2n) is 7.56. The van der Waals surface area contributed by atoms with Crippen LogP contribution in [0.15, 0.2) is 29.4 Å². The van der Waals surface area contributed by atoms with Gasteiger partial charge in [0.2, 0.25) is 0 Å². The van der Waals surface area contributed by atoms with Crippen LogP contribution in [0.1, 0.15) is 39.2 Å². The van der Waals surface area contributed by atoms with Crippen molar-refractivity contribution in [3.8, 4) is 0 Å². The molecule has 0 radical (unpaired) electrons. The Bertz CT molecular complexity index is 759. The molecule has 1 aliphatic heterocycles. The monoisotopic (exact) mass is 373 g/mol. The summed E-state index contributed by atoms with van der Waals surface area (Å²) in [5.41, 5.74) is 2.02. The van der Waals surface area contributed by atoms with Crippen molar-refractivity contribution < 1.29 is 4.39 Å². The van der Waals surface area contributed by atoms with E-state index in [9.17, 15) is 4.39 Å². The molecule has 0 spiro atoms. The molecule has 1 aromatic heterocycles. The number of fused-ring (bicyclic) bond motifs is 1. The number of piperidine rings is 1. The van der Waals surface area contributed by atoms with Crippen LogP contribution in [0, 0.1) is 5.82 Å². The SMILES string of the molecule is CCNC(=NCCc1c[nH]c2cc(F)ccc12)NC1CCN(C(C)C)CC1. The number of aliphatic imine (C=N–C) groups is 1. The normalized spacial score (nSPS) is 17.0. The maximum absolute atomic E-state index is 13.3. The molecule has 1 aromatic carbocycles. The second-order valence-corrected chi connectivity index (χ2v) is 7.56. The Morgan fingerprint density at radius 2 is 2.11 bits per heavy atom. The fourth-order valence-corrected chi connectivity index (χ4v) is 3.73. The van der Waals surface area contributed by atoms with Crippen molar-refractivity contribution in [3.63, 3.8) is 0 Å². The predicted octanol–water partition coefficient (Wildman–Crippen LogP) is 3.28. The van der Waals surface area contributed by atoms with E-state index < -0.39 is 0 Å². The summed E-state index contributed by atoms with van der Waals surface area (Å²) in [6.45, 7) is 10.4. The number of hydrogen-bond acceptors (Lipinski definition) is 2. The molecule has 0 saturated carbocycles. The molecule has 148 valence electrons. The third-order valence-corrected chi connectivity index (χ3v) is 5.33. The van der Waals surface area contributed by atoms with E-state index in [1.54, 1.807) is 0 Å². The average molecular weight is 374 g/mol. The van der Waals surface area contributed by atoms with Crippen LogP contribution in [0.3, 0.4) is 0 Å². The molecule has 0 aliphatic carbocycles. The lowest BCUT2D eigenvalue weighted by Gasteiger charge is -2.35. The first-order valence-corrected chi connectivity index (χ1v) is 10.1. The Hall–Kier alpha value is -2.08. The van der Waals surface area contributed by atoms with Gasteiger partial charge < -0.3 is 20.5 Å². The molecule has 1 saturated heterocycles. The largest absolute Gasteiger partial charge is 0.361 e. The van der Waals surface area contributed by atoms with Crippen molar-refractivity contribution in [1.29, 1.82) is 0 Å². The smallest absolute Gasteiger partial charge is 0.191 e. The number of likely N-dealkylation sites (tertiary alicyclic amines) is 1. The molecule has 3 rings (SSSR count). The number of nitrogens with zero attached hydrogens (tertiary/aromatic N) is 2. The summed E-state index contributed by atoms with van der Waals surface area (Å²) in [6, 6.07) is 5.99. The standard InChI is InChI=1S/C21H32FN5/c1-4-23-21(26-18-8-11-27(12-9-18)15(2)3)24-10-7-16-14-25-20-13-17(22)5-6-19(16)20/h5-6,13-15,18,25H,4,7-12H2,1-3H3,(H2,23,24,26). The van der Waals surface area contributed by atoms with Crippen molar-refractivity contribution in [2.75, 3.05) is 26.2 Å². The van der Waals surface area contributed by atoms with Gasteiger partial charge in [0.1, 0.15) is 5.82 Å². The number of aromatic nitrogens is 1. The molecule has 0 amide bonds. The molecule has 6 heteroatoms. The first-order valence-electron chi connectivity index (χ1n) is 10.1. The molecule has 0 atom stereocenters. The van der Waals surface area contributed by atoms with Gasteiger partial charge in [0.15, 0.2) is 5.96 Å². The zero-order valence-corrected chi connectivity index (χ0v) is 16.7. The molecular weight excluding hydrogens is 341 g/mol. The number of benzene rings is 1. The third-order valence-electron chi connectivity index (χ3n) is 5.33. The van der Waals surface area contributed by atoms with E-state index in [1.807, 2.05) is 12.3 Å². The van der Waals surface area contributed by atoms with E-state index in [1.165, 1.54) is 17.7 Å². The molecule has 2 heterocycles. The number of aromatic amines is 1. The van der Waals surface area contributed by atoms with Crippen molar-refractivity contribution in [3.05, 3.63) is 35.8 Å². The number of rotatable bonds is 6. The van der Waals surface area contributed by atoms with Crippen molar-refractivity contribution in [2.45, 2.75) is 52.1 Å². The third kappa shape index (κ3) is 5.22. The Kier molecular flexibility index (Phi) is 6.72. The minimum atomic E-state index is -0.212. The zero-order valence-electron chi connectivity index (χ0n) is 16.7. The Labute approximate surface area is 161 Å². The van der Waals surface area contributed by atoms with Gasteiger partial charge in [0.05, 0.1) is 0 Å². The van der Waals surface area contributed by atoms with Gasteiger partial charge in [-0.3, -0.25) is 4.99 Å². The van der Waals surface area contributed by atoms with Crippen LogP contribution in [0.4, 0.5) is 4.39 Å². The van der Waals surface area contributed by atoms with Crippen LogP contribution in [-0.2, 0) is 6.42 Å². The highest BCUT2D eigenvalue weighted by atomic mass is 19.1. The minimum Gasteiger partial charge on any atom is -0.361 e. The van der Waals surface area contributed by atoms with E-state index >= 15 is 0 Å². The van der Waals surface area contributed by atoms with E-state index in [0.29, 0.717) is 18.6 Å². The lowest BCUT2D eigenvalue weighted by molar-refractivity contribution is 0.167. The molecule has 1 fully saturated rings. The highest BCUT2D eigenvalue weighted by Gasteiger charge is 2.21. The van der Waals surface area contributed by atoms with Gasteiger partial charge in [-0.15, -0.1) is 0 Å². The summed E-state index contributed by atoms with van der Waals surface area (Å²) in [6.07, 6.45) is 5.09. The number of halogens is 1. The summed E-state index contributed by atoms with van der Waals surface area (Å²) in [5, 5.41) is 8.03. The van der Waals surface area contributed by atoms with Crippen LogP contribution in [-0.4, -0.2) is 54.1 Å². The van der Waals surface area contributed by atoms with Crippen LogP contribution in [0.2, 0.25) is 0 Å². The average Bonchev–Trinajstić information content (AvgIpc) is 3.04. The fourth-order valence-electron chi connectivity index (χ4n) is 3.73. The summed E-state index contributed by atoms with van der Waals surface area (Å²) in [7, 11) is 0. The summed E-state index contributed by atoms with van der Waals surface area (Å²) < 4.78 is 13.3. The van der Waals surface area contributed by atoms with Crippen LogP contribution >= 0.6 is 0 Å². The molecule has 0 bridgehead atoms. The Morgan fingerprint density at radius 3 is 2.81 bits per heavy atom. The molecular formula is C21H32FN5. The first kappa shape index (κ1) is 19.7. The van der Waals surface area contributed by atoms with E-state index in [0.717, 1.165) is 55.8 Å². The van der Waals surface area contributed by atoms with Crippen LogP contribution in [0.5, 0.6) is 0 Å². The topological polar surface area (TPSA) is 55.5 Å². The van der Waals surface area contributed by atoms with Crippen LogP contribution < -0.4 is 10.6 Å². The van der Waals surface area contributed by atoms with Crippen molar-refractivity contribution in [1.82, 2.24) is 20.5 Å². The first-order chi connectivity index (χ1) is 13.1. The van der Waals surface area contributed by atoms with Gasteiger partial charge in [-0.2, -0.15) is 0 Å². The molecule has 5 nitrogen and oxygen atoms in total. The molecule has 1 aliphatic rings. The van der Waals surface area contributed by atoms with Crippen molar-refractivity contribution >= 4 is 16.9 Å². The zero-order chi connectivity index (χ0) is 19.2. The molecule has 0 unspecified atom stereocenters. The number of guanidine groups is 1.